The van der Waals surface area contributed by atoms with E-state index in [2.05, 4.69) is 10.3 Å². The Hall–Kier alpha value is -4.20. The Morgan fingerprint density at radius 2 is 1.84 bits per heavy atom. The van der Waals surface area contributed by atoms with Crippen LogP contribution in [0, 0.1) is 0 Å². The molecule has 2 N–H and O–H groups in total. The lowest BCUT2D eigenvalue weighted by Gasteiger charge is -2.08. The maximum atomic E-state index is 12.9. The number of benzene rings is 2. The zero-order valence-electron chi connectivity index (χ0n) is 16.9. The molecule has 0 unspecified atom stereocenters. The maximum Gasteiger partial charge on any atom is 0.257 e. The zero-order chi connectivity index (χ0) is 21.8. The topological polar surface area (TPSA) is 106 Å². The van der Waals surface area contributed by atoms with Crippen LogP contribution in [0.2, 0.25) is 0 Å². The van der Waals surface area contributed by atoms with Gasteiger partial charge in [0.1, 0.15) is 34.2 Å². The highest BCUT2D eigenvalue weighted by Crippen LogP contribution is 2.27. The van der Waals surface area contributed by atoms with Crippen molar-refractivity contribution >= 4 is 22.6 Å². The van der Waals surface area contributed by atoms with Gasteiger partial charge < -0.3 is 28.7 Å². The molecule has 2 heterocycles. The van der Waals surface area contributed by atoms with Crippen LogP contribution in [0.4, 0.5) is 5.69 Å². The number of hydrogen-bond donors (Lipinski definition) is 2. The number of phenols is 1. The van der Waals surface area contributed by atoms with Gasteiger partial charge in [-0.1, -0.05) is 0 Å². The molecular weight excluding hydrogens is 400 g/mol. The van der Waals surface area contributed by atoms with Crippen molar-refractivity contribution < 1.29 is 28.2 Å². The summed E-state index contributed by atoms with van der Waals surface area (Å²) in [5.74, 6) is 1.36. The molecule has 4 rings (SSSR count). The highest BCUT2D eigenvalue weighted by molar-refractivity contribution is 5.96. The van der Waals surface area contributed by atoms with Gasteiger partial charge in [0.25, 0.3) is 5.91 Å². The fourth-order valence-electron chi connectivity index (χ4n) is 3.00. The summed E-state index contributed by atoms with van der Waals surface area (Å²) in [5.41, 5.74) is 1.16. The van der Waals surface area contributed by atoms with Gasteiger partial charge in [0.15, 0.2) is 0 Å². The Morgan fingerprint density at radius 1 is 1.06 bits per heavy atom. The molecule has 158 valence electrons. The van der Waals surface area contributed by atoms with Gasteiger partial charge in [-0.15, -0.1) is 0 Å². The molecule has 2 aromatic heterocycles. The first-order chi connectivity index (χ1) is 15.1. The van der Waals surface area contributed by atoms with Crippen LogP contribution in [-0.4, -0.2) is 25.2 Å². The quantitative estimate of drug-likeness (QED) is 0.490. The van der Waals surface area contributed by atoms with E-state index in [1.165, 1.54) is 32.6 Å². The van der Waals surface area contributed by atoms with Crippen LogP contribution in [0.25, 0.3) is 11.0 Å². The normalized spacial score (nSPS) is 11.5. The second-order valence-corrected chi connectivity index (χ2v) is 6.63. The number of nitrogens with zero attached hydrogens (tertiary/aromatic N) is 1. The van der Waals surface area contributed by atoms with Crippen molar-refractivity contribution in [3.8, 4) is 17.2 Å². The van der Waals surface area contributed by atoms with E-state index in [9.17, 15) is 9.90 Å². The standard InChI is InChI=1S/C23H20N2O6/c1-28-18-9-15(10-19(12-18)29-2)25-23-20(22(27)24-13-17-4-3-7-30-17)8-14-5-6-16(26)11-21(14)31-23/h3-12,26H,13H2,1-2H3,(H,24,27). The molecular formula is C23H20N2O6. The summed E-state index contributed by atoms with van der Waals surface area (Å²) < 4.78 is 21.7. The Balaban J connectivity index is 1.82. The lowest BCUT2D eigenvalue weighted by atomic mass is 10.1. The number of fused-ring (bicyclic) bond motifs is 1. The number of nitrogens with one attached hydrogen (secondary N) is 1. The van der Waals surface area contributed by atoms with E-state index >= 15 is 0 Å². The Kier molecular flexibility index (Phi) is 5.61. The minimum atomic E-state index is -0.385. The molecule has 0 spiro atoms. The molecule has 0 atom stereocenters. The van der Waals surface area contributed by atoms with Crippen LogP contribution in [0.15, 0.2) is 74.7 Å². The first-order valence-electron chi connectivity index (χ1n) is 9.41. The van der Waals surface area contributed by atoms with E-state index in [4.69, 9.17) is 18.3 Å². The second-order valence-electron chi connectivity index (χ2n) is 6.63. The van der Waals surface area contributed by atoms with E-state index in [-0.39, 0.29) is 29.3 Å². The Morgan fingerprint density at radius 3 is 2.52 bits per heavy atom. The van der Waals surface area contributed by atoms with Crippen LogP contribution in [0.3, 0.4) is 0 Å². The van der Waals surface area contributed by atoms with Crippen molar-refractivity contribution in [3.63, 3.8) is 0 Å². The number of amides is 1. The van der Waals surface area contributed by atoms with Gasteiger partial charge in [-0.2, -0.15) is 0 Å². The highest BCUT2D eigenvalue weighted by atomic mass is 16.5. The Bertz CT molecular complexity index is 1270. The van der Waals surface area contributed by atoms with E-state index in [1.54, 1.807) is 42.5 Å². The predicted octanol–water partition coefficient (Wildman–Crippen LogP) is 3.91. The molecule has 0 fully saturated rings. The molecule has 0 saturated carbocycles. The molecule has 2 aromatic carbocycles. The lowest BCUT2D eigenvalue weighted by molar-refractivity contribution is 0.0944. The largest absolute Gasteiger partial charge is 0.508 e. The number of phenolic OH excluding ortho intramolecular Hbond substituents is 1. The number of carbonyl (C=O) groups is 1. The van der Waals surface area contributed by atoms with Crippen molar-refractivity contribution in [1.82, 2.24) is 5.32 Å². The summed E-state index contributed by atoms with van der Waals surface area (Å²) in [5, 5.41) is 13.2. The molecule has 0 aliphatic rings. The molecule has 31 heavy (non-hydrogen) atoms. The molecule has 0 radical (unpaired) electrons. The van der Waals surface area contributed by atoms with E-state index in [0.717, 1.165) is 0 Å². The predicted molar refractivity (Wildman–Crippen MR) is 113 cm³/mol. The number of methoxy groups -OCH3 is 2. The van der Waals surface area contributed by atoms with E-state index in [1.807, 2.05) is 0 Å². The maximum absolute atomic E-state index is 12.9. The van der Waals surface area contributed by atoms with Gasteiger partial charge in [0, 0.05) is 29.7 Å². The summed E-state index contributed by atoms with van der Waals surface area (Å²) in [4.78, 5) is 17.4. The van der Waals surface area contributed by atoms with Gasteiger partial charge in [0.05, 0.1) is 32.7 Å². The highest BCUT2D eigenvalue weighted by Gasteiger charge is 2.14. The van der Waals surface area contributed by atoms with Gasteiger partial charge in [-0.25, -0.2) is 4.99 Å². The van der Waals surface area contributed by atoms with Crippen LogP contribution in [-0.2, 0) is 6.54 Å². The second kappa shape index (κ2) is 8.66. The third kappa shape index (κ3) is 4.53. The van der Waals surface area contributed by atoms with Crippen LogP contribution in [0.1, 0.15) is 16.1 Å². The molecule has 0 saturated heterocycles. The average Bonchev–Trinajstić information content (AvgIpc) is 3.30. The van der Waals surface area contributed by atoms with Crippen molar-refractivity contribution in [1.29, 1.82) is 0 Å². The monoisotopic (exact) mass is 420 g/mol. The van der Waals surface area contributed by atoms with Crippen molar-refractivity contribution in [2.75, 3.05) is 14.2 Å². The number of rotatable bonds is 6. The fraction of sp³-hybridized carbons (Fsp3) is 0.130. The molecule has 0 aliphatic carbocycles. The summed E-state index contributed by atoms with van der Waals surface area (Å²) in [6.07, 6.45) is 1.54. The number of hydrogen-bond acceptors (Lipinski definition) is 7. The van der Waals surface area contributed by atoms with Crippen molar-refractivity contribution in [2.24, 2.45) is 4.99 Å². The third-order valence-corrected chi connectivity index (χ3v) is 4.55. The Labute approximate surface area is 177 Å². The lowest BCUT2D eigenvalue weighted by Crippen LogP contribution is -2.28. The number of carbonyl (C=O) groups excluding carboxylic acids is 1. The van der Waals surface area contributed by atoms with Gasteiger partial charge in [-0.05, 0) is 30.3 Å². The summed E-state index contributed by atoms with van der Waals surface area (Å²) in [6, 6.07) is 14.9. The average molecular weight is 420 g/mol. The van der Waals surface area contributed by atoms with Crippen molar-refractivity contribution in [3.05, 3.63) is 77.7 Å². The first kappa shape index (κ1) is 20.1. The van der Waals surface area contributed by atoms with E-state index < -0.39 is 0 Å². The molecule has 0 bridgehead atoms. The van der Waals surface area contributed by atoms with Crippen molar-refractivity contribution in [2.45, 2.75) is 6.54 Å². The minimum absolute atomic E-state index is 0.0419. The summed E-state index contributed by atoms with van der Waals surface area (Å²) in [6.45, 7) is 0.214. The number of aromatic hydroxyl groups is 1. The molecule has 8 nitrogen and oxygen atoms in total. The van der Waals surface area contributed by atoms with Crippen LogP contribution < -0.4 is 20.3 Å². The fourth-order valence-corrected chi connectivity index (χ4v) is 3.00. The van der Waals surface area contributed by atoms with Crippen LogP contribution >= 0.6 is 0 Å². The SMILES string of the molecule is COc1cc(N=c2oc3cc(O)ccc3cc2C(=O)NCc2ccco2)cc(OC)c1. The zero-order valence-corrected chi connectivity index (χ0v) is 16.9. The smallest absolute Gasteiger partial charge is 0.257 e. The van der Waals surface area contributed by atoms with Crippen LogP contribution in [0.5, 0.6) is 17.2 Å². The minimum Gasteiger partial charge on any atom is -0.508 e. The molecule has 8 heteroatoms. The molecule has 1 amide bonds. The summed E-state index contributed by atoms with van der Waals surface area (Å²) >= 11 is 0. The third-order valence-electron chi connectivity index (χ3n) is 4.55. The van der Waals surface area contributed by atoms with Gasteiger partial charge in [0.2, 0.25) is 5.55 Å². The summed E-state index contributed by atoms with van der Waals surface area (Å²) in [7, 11) is 3.07. The number of ether oxygens (including phenoxy) is 2. The van der Waals surface area contributed by atoms with Gasteiger partial charge in [-0.3, -0.25) is 4.79 Å². The first-order valence-corrected chi connectivity index (χ1v) is 9.41. The molecule has 0 aliphatic heterocycles. The number of furan rings is 1. The molecule has 4 aromatic rings. The van der Waals surface area contributed by atoms with E-state index in [0.29, 0.717) is 33.9 Å². The van der Waals surface area contributed by atoms with Gasteiger partial charge >= 0.3 is 0 Å².